The van der Waals surface area contributed by atoms with Crippen molar-refractivity contribution >= 4 is 46.9 Å². The number of hydrogen-bond acceptors (Lipinski definition) is 4. The third kappa shape index (κ3) is 4.17. The quantitative estimate of drug-likeness (QED) is 0.371. The Labute approximate surface area is 149 Å². The molecule has 3 N–H and O–H groups in total. The summed E-state index contributed by atoms with van der Waals surface area (Å²) in [4.78, 5) is 5.63. The third-order valence-electron chi connectivity index (χ3n) is 3.03. The largest absolute Gasteiger partial charge is 0.370 e. The molecule has 0 spiro atoms. The Balaban J connectivity index is 0.00000176. The smallest absolute Gasteiger partial charge is 0.189 e. The Morgan fingerprint density at radius 1 is 1.27 bits per heavy atom. The fourth-order valence-electron chi connectivity index (χ4n) is 1.98. The topological polar surface area (TPSA) is 80.6 Å². The molecule has 0 aromatic carbocycles. The van der Waals surface area contributed by atoms with Crippen LogP contribution in [0, 0.1) is 0 Å². The van der Waals surface area contributed by atoms with Gasteiger partial charge in [-0.25, -0.2) is 4.99 Å². The number of nitrogens with zero attached hydrogens (tertiary/aromatic N) is 4. The van der Waals surface area contributed by atoms with Crippen molar-refractivity contribution in [3.8, 4) is 0 Å². The van der Waals surface area contributed by atoms with Crippen molar-refractivity contribution in [2.24, 2.45) is 10.7 Å². The van der Waals surface area contributed by atoms with Crippen molar-refractivity contribution in [1.82, 2.24) is 19.9 Å². The second-order valence-corrected chi connectivity index (χ2v) is 5.53. The van der Waals surface area contributed by atoms with Crippen LogP contribution in [0.3, 0.4) is 0 Å². The van der Waals surface area contributed by atoms with Crippen molar-refractivity contribution in [1.29, 1.82) is 0 Å². The standard InChI is InChI=1S/C14H16N6S.HI/c15-14(16-7-6-11-4-3-9-21-11)17-10-13-19-18-12-5-1-2-8-20(12)13;/h1-5,8-9H,6-7,10H2,(H3,15,16,17);1H. The lowest BCUT2D eigenvalue weighted by molar-refractivity contribution is 0.835. The predicted octanol–water partition coefficient (Wildman–Crippen LogP) is 2.06. The second kappa shape index (κ2) is 8.08. The van der Waals surface area contributed by atoms with Crippen LogP contribution in [-0.2, 0) is 13.0 Å². The van der Waals surface area contributed by atoms with Gasteiger partial charge in [-0.1, -0.05) is 12.1 Å². The highest BCUT2D eigenvalue weighted by Crippen LogP contribution is 2.08. The van der Waals surface area contributed by atoms with Gasteiger partial charge in [0.2, 0.25) is 0 Å². The lowest BCUT2D eigenvalue weighted by atomic mass is 10.3. The number of guanidine groups is 1. The molecule has 3 aromatic rings. The summed E-state index contributed by atoms with van der Waals surface area (Å²) < 4.78 is 1.91. The molecule has 0 aliphatic rings. The maximum atomic E-state index is 5.86. The van der Waals surface area contributed by atoms with Gasteiger partial charge in [0.1, 0.15) is 6.54 Å². The molecular formula is C14H17IN6S. The van der Waals surface area contributed by atoms with E-state index in [4.69, 9.17) is 5.73 Å². The van der Waals surface area contributed by atoms with E-state index in [-0.39, 0.29) is 24.0 Å². The molecule has 22 heavy (non-hydrogen) atoms. The van der Waals surface area contributed by atoms with Crippen molar-refractivity contribution < 1.29 is 0 Å². The zero-order valence-corrected chi connectivity index (χ0v) is 15.0. The van der Waals surface area contributed by atoms with E-state index in [9.17, 15) is 0 Å². The number of aliphatic imine (C=N–C) groups is 1. The molecule has 0 unspecified atom stereocenters. The summed E-state index contributed by atoms with van der Waals surface area (Å²) in [7, 11) is 0. The van der Waals surface area contributed by atoms with Crippen molar-refractivity contribution in [3.63, 3.8) is 0 Å². The molecule has 3 aromatic heterocycles. The number of nitrogens with two attached hydrogens (primary N) is 1. The number of fused-ring (bicyclic) bond motifs is 1. The number of thiophene rings is 1. The molecule has 8 heteroatoms. The molecule has 0 fully saturated rings. The Morgan fingerprint density at radius 2 is 2.18 bits per heavy atom. The van der Waals surface area contributed by atoms with E-state index >= 15 is 0 Å². The maximum absolute atomic E-state index is 5.86. The summed E-state index contributed by atoms with van der Waals surface area (Å²) in [6.07, 6.45) is 2.86. The molecular weight excluding hydrogens is 411 g/mol. The Morgan fingerprint density at radius 3 is 3.00 bits per heavy atom. The molecule has 0 amide bonds. The summed E-state index contributed by atoms with van der Waals surface area (Å²) in [5.41, 5.74) is 6.67. The first-order chi connectivity index (χ1) is 10.3. The molecule has 0 saturated carbocycles. The monoisotopic (exact) mass is 428 g/mol. The Bertz CT molecular complexity index is 737. The van der Waals surface area contributed by atoms with Crippen LogP contribution in [-0.4, -0.2) is 27.1 Å². The van der Waals surface area contributed by atoms with Gasteiger partial charge in [-0.3, -0.25) is 4.40 Å². The van der Waals surface area contributed by atoms with Gasteiger partial charge in [0.25, 0.3) is 0 Å². The van der Waals surface area contributed by atoms with Crippen LogP contribution in [0.15, 0.2) is 46.9 Å². The second-order valence-electron chi connectivity index (χ2n) is 4.50. The van der Waals surface area contributed by atoms with Gasteiger partial charge in [0, 0.05) is 17.6 Å². The van der Waals surface area contributed by atoms with E-state index in [0.29, 0.717) is 12.5 Å². The van der Waals surface area contributed by atoms with Gasteiger partial charge < -0.3 is 11.1 Å². The molecule has 0 bridgehead atoms. The van der Waals surface area contributed by atoms with Crippen LogP contribution < -0.4 is 11.1 Å². The summed E-state index contributed by atoms with van der Waals surface area (Å²) >= 11 is 1.75. The zero-order valence-electron chi connectivity index (χ0n) is 11.8. The molecule has 3 rings (SSSR count). The molecule has 0 saturated heterocycles. The summed E-state index contributed by atoms with van der Waals surface area (Å²) in [5.74, 6) is 1.20. The third-order valence-corrected chi connectivity index (χ3v) is 3.97. The minimum atomic E-state index is 0. The van der Waals surface area contributed by atoms with Gasteiger partial charge in [0.15, 0.2) is 17.4 Å². The molecule has 6 nitrogen and oxygen atoms in total. The lowest BCUT2D eigenvalue weighted by Crippen LogP contribution is -2.33. The van der Waals surface area contributed by atoms with E-state index < -0.39 is 0 Å². The number of halogens is 1. The van der Waals surface area contributed by atoms with Gasteiger partial charge in [-0.2, -0.15) is 0 Å². The zero-order chi connectivity index (χ0) is 14.5. The first-order valence-electron chi connectivity index (χ1n) is 6.68. The normalized spacial score (nSPS) is 11.4. The van der Waals surface area contributed by atoms with E-state index in [2.05, 4.69) is 32.0 Å². The first kappa shape index (κ1) is 16.7. The average Bonchev–Trinajstić information content (AvgIpc) is 3.14. The number of pyridine rings is 1. The minimum absolute atomic E-state index is 0. The van der Waals surface area contributed by atoms with Crippen LogP contribution in [0.25, 0.3) is 5.65 Å². The lowest BCUT2D eigenvalue weighted by Gasteiger charge is -2.04. The van der Waals surface area contributed by atoms with E-state index in [1.54, 1.807) is 11.3 Å². The molecule has 3 heterocycles. The van der Waals surface area contributed by atoms with Crippen molar-refractivity contribution in [3.05, 3.63) is 52.6 Å². The molecule has 0 aliphatic heterocycles. The molecule has 0 aliphatic carbocycles. The van der Waals surface area contributed by atoms with Crippen LogP contribution in [0.4, 0.5) is 0 Å². The fourth-order valence-corrected chi connectivity index (χ4v) is 2.69. The van der Waals surface area contributed by atoms with Gasteiger partial charge in [-0.15, -0.1) is 45.5 Å². The highest BCUT2D eigenvalue weighted by atomic mass is 127. The highest BCUT2D eigenvalue weighted by molar-refractivity contribution is 14.0. The Kier molecular flexibility index (Phi) is 6.13. The summed E-state index contributed by atoms with van der Waals surface area (Å²) in [6, 6.07) is 9.93. The average molecular weight is 428 g/mol. The van der Waals surface area contributed by atoms with E-state index in [1.807, 2.05) is 34.9 Å². The van der Waals surface area contributed by atoms with E-state index in [0.717, 1.165) is 24.4 Å². The summed E-state index contributed by atoms with van der Waals surface area (Å²) in [6.45, 7) is 1.18. The van der Waals surface area contributed by atoms with Crippen molar-refractivity contribution in [2.45, 2.75) is 13.0 Å². The predicted molar refractivity (Wildman–Crippen MR) is 99.8 cm³/mol. The molecule has 0 atom stereocenters. The van der Waals surface area contributed by atoms with Crippen LogP contribution >= 0.6 is 35.3 Å². The van der Waals surface area contributed by atoms with Crippen LogP contribution in [0.5, 0.6) is 0 Å². The number of aromatic nitrogens is 3. The SMILES string of the molecule is I.NC(=NCc1nnc2ccccn12)NCCc1cccs1. The first-order valence-corrected chi connectivity index (χ1v) is 7.56. The number of rotatable bonds is 5. The number of nitrogens with one attached hydrogen (secondary N) is 1. The number of hydrogen-bond donors (Lipinski definition) is 2. The minimum Gasteiger partial charge on any atom is -0.370 e. The van der Waals surface area contributed by atoms with E-state index in [1.165, 1.54) is 4.88 Å². The molecule has 116 valence electrons. The van der Waals surface area contributed by atoms with Gasteiger partial charge in [-0.05, 0) is 30.0 Å². The summed E-state index contributed by atoms with van der Waals surface area (Å²) in [5, 5.41) is 13.4. The highest BCUT2D eigenvalue weighted by Gasteiger charge is 2.03. The van der Waals surface area contributed by atoms with Crippen LogP contribution in [0.2, 0.25) is 0 Å². The maximum Gasteiger partial charge on any atom is 0.189 e. The van der Waals surface area contributed by atoms with Crippen LogP contribution in [0.1, 0.15) is 10.7 Å². The molecule has 0 radical (unpaired) electrons. The van der Waals surface area contributed by atoms with Gasteiger partial charge in [0.05, 0.1) is 0 Å². The fraction of sp³-hybridized carbons (Fsp3) is 0.214. The Hall–Kier alpha value is -1.68. The van der Waals surface area contributed by atoms with Crippen molar-refractivity contribution in [2.75, 3.05) is 6.54 Å². The van der Waals surface area contributed by atoms with Gasteiger partial charge >= 0.3 is 0 Å².